The van der Waals surface area contributed by atoms with Crippen LogP contribution in [0.1, 0.15) is 52.7 Å². The first-order valence-electron chi connectivity index (χ1n) is 10.3. The molecule has 0 spiro atoms. The van der Waals surface area contributed by atoms with Gasteiger partial charge in [0, 0.05) is 11.1 Å². The van der Waals surface area contributed by atoms with Gasteiger partial charge in [-0.05, 0) is 33.6 Å². The predicted molar refractivity (Wildman–Crippen MR) is 134 cm³/mol. The van der Waals surface area contributed by atoms with Crippen molar-refractivity contribution in [3.05, 3.63) is 90.3 Å². The van der Waals surface area contributed by atoms with Crippen LogP contribution in [0.25, 0.3) is 22.8 Å². The Labute approximate surface area is 192 Å². The van der Waals surface area contributed by atoms with Crippen molar-refractivity contribution in [3.8, 4) is 22.8 Å². The minimum absolute atomic E-state index is 0.106. The normalized spacial score (nSPS) is 11.3. The number of nitrogens with zero attached hydrogens (tertiary/aromatic N) is 3. The van der Waals surface area contributed by atoms with Crippen molar-refractivity contribution in [2.24, 2.45) is 0 Å². The zero-order valence-electron chi connectivity index (χ0n) is 19.4. The van der Waals surface area contributed by atoms with E-state index in [0.717, 1.165) is 11.1 Å². The van der Waals surface area contributed by atoms with E-state index in [-0.39, 0.29) is 16.1 Å². The quantitative estimate of drug-likeness (QED) is 0.395. The minimum atomic E-state index is 0.106. The molecule has 0 N–H and O–H groups in total. The number of benzene rings is 2. The lowest BCUT2D eigenvalue weighted by atomic mass is 9.86. The van der Waals surface area contributed by atoms with Crippen LogP contribution < -0.4 is 0 Å². The molecule has 1 aromatic heterocycles. The van der Waals surface area contributed by atoms with Gasteiger partial charge >= 0.3 is 0 Å². The molecular weight excluding hydrogens is 402 g/mol. The molecule has 0 fully saturated rings. The van der Waals surface area contributed by atoms with Crippen molar-refractivity contribution in [1.82, 2.24) is 15.0 Å². The molecule has 1 heterocycles. The first-order valence-corrected chi connectivity index (χ1v) is 10.7. The van der Waals surface area contributed by atoms with Crippen LogP contribution in [0.4, 0.5) is 0 Å². The second kappa shape index (κ2) is 10.0. The van der Waals surface area contributed by atoms with Crippen LogP contribution in [0.5, 0.6) is 0 Å². The van der Waals surface area contributed by atoms with Crippen LogP contribution in [0, 0.1) is 0 Å². The third-order valence-electron chi connectivity index (χ3n) is 4.79. The zero-order valence-corrected chi connectivity index (χ0v) is 20.2. The molecule has 0 saturated carbocycles. The van der Waals surface area contributed by atoms with Crippen molar-refractivity contribution in [3.63, 3.8) is 0 Å². The van der Waals surface area contributed by atoms with Crippen molar-refractivity contribution in [2.75, 3.05) is 0 Å². The van der Waals surface area contributed by atoms with Crippen LogP contribution in [0.15, 0.2) is 73.8 Å². The number of rotatable bonds is 3. The van der Waals surface area contributed by atoms with E-state index in [1.54, 1.807) is 12.2 Å². The summed E-state index contributed by atoms with van der Waals surface area (Å²) in [6.07, 6.45) is 3.28. The number of hydrogen-bond donors (Lipinski definition) is 0. The summed E-state index contributed by atoms with van der Waals surface area (Å²) in [6, 6.07) is 16.6. The zero-order chi connectivity index (χ0) is 23.2. The molecule has 0 amide bonds. The van der Waals surface area contributed by atoms with Crippen molar-refractivity contribution in [2.45, 2.75) is 52.4 Å². The highest BCUT2D eigenvalue weighted by molar-refractivity contribution is 6.28. The van der Waals surface area contributed by atoms with Gasteiger partial charge in [0.15, 0.2) is 11.6 Å². The van der Waals surface area contributed by atoms with E-state index in [1.807, 2.05) is 24.3 Å². The van der Waals surface area contributed by atoms with E-state index in [4.69, 9.17) is 11.6 Å². The van der Waals surface area contributed by atoms with Gasteiger partial charge < -0.3 is 0 Å². The molecule has 2 aromatic carbocycles. The molecular formula is C27H32ClN3. The summed E-state index contributed by atoms with van der Waals surface area (Å²) in [5.74, 6) is 1.18. The summed E-state index contributed by atoms with van der Waals surface area (Å²) >= 11 is 6.20. The molecule has 0 saturated heterocycles. The van der Waals surface area contributed by atoms with Crippen molar-refractivity contribution in [1.29, 1.82) is 0 Å². The molecule has 4 heteroatoms. The second-order valence-electron chi connectivity index (χ2n) is 9.38. The first kappa shape index (κ1) is 24.5. The van der Waals surface area contributed by atoms with Crippen LogP contribution in [0.2, 0.25) is 5.28 Å². The fourth-order valence-corrected chi connectivity index (χ4v) is 3.01. The SMILES string of the molecule is C=CC=C.CC(C)(C)c1ccc(-c2nc(Cl)nc(-c3ccc(C(C)(C)C)cc3)n2)cc1. The van der Waals surface area contributed by atoms with E-state index in [9.17, 15) is 0 Å². The lowest BCUT2D eigenvalue weighted by molar-refractivity contribution is 0.590. The minimum Gasteiger partial charge on any atom is -0.208 e. The smallest absolute Gasteiger partial charge is 0.208 e. The summed E-state index contributed by atoms with van der Waals surface area (Å²) in [4.78, 5) is 13.3. The molecule has 0 aliphatic rings. The monoisotopic (exact) mass is 433 g/mol. The topological polar surface area (TPSA) is 38.7 Å². The number of allylic oxidation sites excluding steroid dienone is 2. The maximum absolute atomic E-state index is 6.20. The first-order chi connectivity index (χ1) is 14.5. The Balaban J connectivity index is 0.000000785. The molecule has 0 atom stereocenters. The molecule has 0 unspecified atom stereocenters. The van der Waals surface area contributed by atoms with Gasteiger partial charge in [-0.15, -0.1) is 0 Å². The summed E-state index contributed by atoms with van der Waals surface area (Å²) < 4.78 is 0. The predicted octanol–water partition coefficient (Wildman–Crippen LogP) is 7.81. The number of hydrogen-bond acceptors (Lipinski definition) is 3. The van der Waals surface area contributed by atoms with Crippen molar-refractivity contribution < 1.29 is 0 Å². The number of halogens is 1. The average molecular weight is 434 g/mol. The molecule has 0 radical (unpaired) electrons. The van der Waals surface area contributed by atoms with Gasteiger partial charge in [-0.3, -0.25) is 0 Å². The van der Waals surface area contributed by atoms with E-state index >= 15 is 0 Å². The van der Waals surface area contributed by atoms with Crippen LogP contribution >= 0.6 is 11.6 Å². The fourth-order valence-electron chi connectivity index (χ4n) is 2.85. The highest BCUT2D eigenvalue weighted by Crippen LogP contribution is 2.28. The van der Waals surface area contributed by atoms with Gasteiger partial charge in [-0.2, -0.15) is 9.97 Å². The molecule has 3 rings (SSSR count). The Morgan fingerprint density at radius 1 is 0.613 bits per heavy atom. The third-order valence-corrected chi connectivity index (χ3v) is 4.96. The Hall–Kier alpha value is -2.78. The van der Waals surface area contributed by atoms with E-state index in [0.29, 0.717) is 11.6 Å². The van der Waals surface area contributed by atoms with Gasteiger partial charge in [-0.25, -0.2) is 4.98 Å². The molecule has 0 bridgehead atoms. The Morgan fingerprint density at radius 3 is 1.19 bits per heavy atom. The molecule has 31 heavy (non-hydrogen) atoms. The fraction of sp³-hybridized carbons (Fsp3) is 0.296. The molecule has 162 valence electrons. The summed E-state index contributed by atoms with van der Waals surface area (Å²) in [6.45, 7) is 19.9. The Bertz CT molecular complexity index is 940. The lowest BCUT2D eigenvalue weighted by Crippen LogP contribution is -2.10. The summed E-state index contributed by atoms with van der Waals surface area (Å²) in [5.41, 5.74) is 4.61. The molecule has 0 aliphatic heterocycles. The number of aromatic nitrogens is 3. The summed E-state index contributed by atoms with van der Waals surface area (Å²) in [7, 11) is 0. The molecule has 0 aliphatic carbocycles. The van der Waals surface area contributed by atoms with E-state index < -0.39 is 0 Å². The van der Waals surface area contributed by atoms with Gasteiger partial charge in [0.2, 0.25) is 5.28 Å². The second-order valence-corrected chi connectivity index (χ2v) is 9.72. The molecule has 3 nitrogen and oxygen atoms in total. The largest absolute Gasteiger partial charge is 0.226 e. The van der Waals surface area contributed by atoms with E-state index in [1.165, 1.54) is 11.1 Å². The van der Waals surface area contributed by atoms with E-state index in [2.05, 4.69) is 93.9 Å². The molecule has 3 aromatic rings. The standard InChI is InChI=1S/C23H26ClN3.C4H6/c1-22(2,3)17-11-7-15(8-12-17)19-25-20(27-21(24)26-19)16-9-13-18(14-10-16)23(4,5)6;1-3-4-2/h7-14H,1-6H3;3-4H,1-2H2. The maximum Gasteiger partial charge on any atom is 0.226 e. The van der Waals surface area contributed by atoms with Crippen LogP contribution in [0.3, 0.4) is 0 Å². The Morgan fingerprint density at radius 2 is 0.935 bits per heavy atom. The lowest BCUT2D eigenvalue weighted by Gasteiger charge is -2.19. The average Bonchev–Trinajstić information content (AvgIpc) is 2.72. The van der Waals surface area contributed by atoms with Crippen molar-refractivity contribution >= 4 is 11.6 Å². The van der Waals surface area contributed by atoms with Crippen LogP contribution in [-0.2, 0) is 10.8 Å². The van der Waals surface area contributed by atoms with Gasteiger partial charge in [-0.1, -0.05) is 115 Å². The highest BCUT2D eigenvalue weighted by Gasteiger charge is 2.16. The van der Waals surface area contributed by atoms with Gasteiger partial charge in [0.05, 0.1) is 0 Å². The Kier molecular flexibility index (Phi) is 7.91. The van der Waals surface area contributed by atoms with Gasteiger partial charge in [0.1, 0.15) is 0 Å². The third kappa shape index (κ3) is 6.86. The van der Waals surface area contributed by atoms with Gasteiger partial charge in [0.25, 0.3) is 0 Å². The highest BCUT2D eigenvalue weighted by atomic mass is 35.5. The van der Waals surface area contributed by atoms with Crippen LogP contribution in [-0.4, -0.2) is 15.0 Å². The summed E-state index contributed by atoms with van der Waals surface area (Å²) in [5, 5.41) is 0.204. The maximum atomic E-state index is 6.20.